The maximum atomic E-state index is 14.7. The summed E-state index contributed by atoms with van der Waals surface area (Å²) < 4.78 is 30.2. The van der Waals surface area contributed by atoms with E-state index < -0.39 is 23.9 Å². The predicted octanol–water partition coefficient (Wildman–Crippen LogP) is 1.93. The minimum Gasteiger partial charge on any atom is -0.429 e. The Bertz CT molecular complexity index is 977. The van der Waals surface area contributed by atoms with Crippen LogP contribution in [-0.2, 0) is 25.5 Å². The normalized spacial score (nSPS) is 19.3. The summed E-state index contributed by atoms with van der Waals surface area (Å²) in [7, 11) is 1.57. The van der Waals surface area contributed by atoms with Crippen molar-refractivity contribution in [2.45, 2.75) is 31.2 Å². The van der Waals surface area contributed by atoms with Gasteiger partial charge in [-0.3, -0.25) is 14.9 Å². The summed E-state index contributed by atoms with van der Waals surface area (Å²) in [6.45, 7) is 0.935. The zero-order valence-electron chi connectivity index (χ0n) is 17.5. The summed E-state index contributed by atoms with van der Waals surface area (Å²) in [5, 5.41) is 15.2. The number of halogens is 1. The summed E-state index contributed by atoms with van der Waals surface area (Å²) in [6.07, 6.45) is -0.335. The van der Waals surface area contributed by atoms with Crippen LogP contribution in [0.2, 0.25) is 0 Å². The van der Waals surface area contributed by atoms with Gasteiger partial charge in [-0.15, -0.1) is 0 Å². The third-order valence-corrected chi connectivity index (χ3v) is 5.13. The highest BCUT2D eigenvalue weighted by molar-refractivity contribution is 5.81. The third-order valence-electron chi connectivity index (χ3n) is 5.13. The van der Waals surface area contributed by atoms with Crippen molar-refractivity contribution >= 4 is 12.4 Å². The topological polar surface area (TPSA) is 110 Å². The maximum absolute atomic E-state index is 14.7. The Morgan fingerprint density at radius 1 is 1.34 bits per heavy atom. The van der Waals surface area contributed by atoms with Gasteiger partial charge < -0.3 is 19.5 Å². The van der Waals surface area contributed by atoms with Crippen molar-refractivity contribution in [1.29, 1.82) is 5.26 Å². The number of methoxy groups -OCH3 is 1. The Labute approximate surface area is 185 Å². The average molecular weight is 441 g/mol. The quantitative estimate of drug-likeness (QED) is 0.603. The van der Waals surface area contributed by atoms with E-state index in [1.165, 1.54) is 6.07 Å². The minimum absolute atomic E-state index is 0.0152. The standard InChI is InChI=1S/C23H24FN3O5/c1-30-22-8-9-31-21(13-26-22)23(29)27-18(12-25)10-17-3-2-16(11-20(17)24)15-4-6-19(7-5-15)32-14-28/h2-7,11,14,18,21-22,26H,8-10,13H2,1H3,(H,27,29)/t18-,21-,22?/m0/s1. The van der Waals surface area contributed by atoms with E-state index in [2.05, 4.69) is 10.6 Å². The molecule has 8 nitrogen and oxygen atoms in total. The van der Waals surface area contributed by atoms with Gasteiger partial charge in [-0.05, 0) is 34.9 Å². The number of hydrogen-bond donors (Lipinski definition) is 2. The molecule has 1 heterocycles. The minimum atomic E-state index is -0.910. The highest BCUT2D eigenvalue weighted by atomic mass is 19.1. The van der Waals surface area contributed by atoms with E-state index in [0.717, 1.165) is 5.56 Å². The van der Waals surface area contributed by atoms with Gasteiger partial charge in [0.1, 0.15) is 29.9 Å². The van der Waals surface area contributed by atoms with E-state index in [-0.39, 0.29) is 19.2 Å². The fourth-order valence-electron chi connectivity index (χ4n) is 3.37. The van der Waals surface area contributed by atoms with Crippen LogP contribution in [0.5, 0.6) is 5.75 Å². The molecule has 1 unspecified atom stereocenters. The summed E-state index contributed by atoms with van der Waals surface area (Å²) in [5.41, 5.74) is 1.68. The molecular weight excluding hydrogens is 417 g/mol. The summed E-state index contributed by atoms with van der Waals surface area (Å²) >= 11 is 0. The molecule has 1 amide bonds. The fraction of sp³-hybridized carbons (Fsp3) is 0.348. The summed E-state index contributed by atoms with van der Waals surface area (Å²) in [4.78, 5) is 22.9. The van der Waals surface area contributed by atoms with Gasteiger partial charge in [0, 0.05) is 26.5 Å². The Kier molecular flexibility index (Phi) is 8.27. The van der Waals surface area contributed by atoms with Crippen LogP contribution in [0.15, 0.2) is 42.5 Å². The third kappa shape index (κ3) is 6.11. The average Bonchev–Trinajstić information content (AvgIpc) is 3.06. The molecule has 2 N–H and O–H groups in total. The highest BCUT2D eigenvalue weighted by Gasteiger charge is 2.26. The Morgan fingerprint density at radius 3 is 2.75 bits per heavy atom. The first kappa shape index (κ1) is 23.3. The lowest BCUT2D eigenvalue weighted by atomic mass is 10.00. The van der Waals surface area contributed by atoms with Crippen LogP contribution in [0, 0.1) is 17.1 Å². The Morgan fingerprint density at radius 2 is 2.09 bits per heavy atom. The smallest absolute Gasteiger partial charge is 0.298 e. The van der Waals surface area contributed by atoms with Gasteiger partial charge in [-0.25, -0.2) is 4.39 Å². The van der Waals surface area contributed by atoms with Crippen LogP contribution in [0.25, 0.3) is 11.1 Å². The zero-order chi connectivity index (χ0) is 22.9. The molecule has 1 saturated heterocycles. The molecular formula is C23H24FN3O5. The van der Waals surface area contributed by atoms with E-state index in [1.807, 2.05) is 6.07 Å². The molecule has 3 rings (SSSR count). The van der Waals surface area contributed by atoms with Gasteiger partial charge in [-0.1, -0.05) is 24.3 Å². The molecule has 168 valence electrons. The predicted molar refractivity (Wildman–Crippen MR) is 113 cm³/mol. The lowest BCUT2D eigenvalue weighted by molar-refractivity contribution is -0.132. The van der Waals surface area contributed by atoms with Crippen molar-refractivity contribution in [3.8, 4) is 22.9 Å². The molecule has 1 aliphatic heterocycles. The maximum Gasteiger partial charge on any atom is 0.298 e. The molecule has 1 aliphatic rings. The van der Waals surface area contributed by atoms with Crippen molar-refractivity contribution in [3.05, 3.63) is 53.8 Å². The fourth-order valence-corrected chi connectivity index (χ4v) is 3.37. The van der Waals surface area contributed by atoms with Crippen LogP contribution in [0.3, 0.4) is 0 Å². The SMILES string of the molecule is COC1CCO[C@H](C(=O)N[C@H](C#N)Cc2ccc(-c3ccc(OC=O)cc3)cc2F)CN1. The summed E-state index contributed by atoms with van der Waals surface area (Å²) in [6, 6.07) is 12.4. The first-order valence-corrected chi connectivity index (χ1v) is 10.1. The molecule has 0 spiro atoms. The number of nitrogens with zero attached hydrogens (tertiary/aromatic N) is 1. The monoisotopic (exact) mass is 441 g/mol. The van der Waals surface area contributed by atoms with Gasteiger partial charge in [0.05, 0.1) is 12.7 Å². The number of nitriles is 1. The molecule has 3 atom stereocenters. The van der Waals surface area contributed by atoms with Gasteiger partial charge in [-0.2, -0.15) is 5.26 Å². The van der Waals surface area contributed by atoms with Crippen molar-refractivity contribution in [1.82, 2.24) is 10.6 Å². The van der Waals surface area contributed by atoms with Crippen LogP contribution in [0.1, 0.15) is 12.0 Å². The van der Waals surface area contributed by atoms with Gasteiger partial charge in [0.2, 0.25) is 0 Å². The second-order valence-electron chi connectivity index (χ2n) is 7.22. The van der Waals surface area contributed by atoms with Gasteiger partial charge >= 0.3 is 0 Å². The van der Waals surface area contributed by atoms with Gasteiger partial charge in [0.15, 0.2) is 0 Å². The Hall–Kier alpha value is -3.32. The molecule has 0 bridgehead atoms. The van der Waals surface area contributed by atoms with Crippen LogP contribution in [-0.4, -0.2) is 51.0 Å². The number of amides is 1. The van der Waals surface area contributed by atoms with Crippen molar-refractivity contribution in [2.24, 2.45) is 0 Å². The summed E-state index contributed by atoms with van der Waals surface area (Å²) in [5.74, 6) is -0.532. The number of nitrogens with one attached hydrogen (secondary N) is 2. The second kappa shape index (κ2) is 11.3. The molecule has 9 heteroatoms. The van der Waals surface area contributed by atoms with Crippen LogP contribution < -0.4 is 15.4 Å². The number of carbonyl (C=O) groups excluding carboxylic acids is 2. The molecule has 2 aromatic carbocycles. The van der Waals surface area contributed by atoms with Crippen molar-refractivity contribution in [3.63, 3.8) is 0 Å². The lowest BCUT2D eigenvalue weighted by Crippen LogP contribution is -2.47. The molecule has 0 saturated carbocycles. The molecule has 0 aromatic heterocycles. The van der Waals surface area contributed by atoms with E-state index in [1.54, 1.807) is 43.5 Å². The number of carbonyl (C=O) groups is 2. The first-order valence-electron chi connectivity index (χ1n) is 10.1. The number of benzene rings is 2. The first-order chi connectivity index (χ1) is 15.5. The molecule has 2 aromatic rings. The number of hydrogen-bond acceptors (Lipinski definition) is 7. The van der Waals surface area contributed by atoms with E-state index in [0.29, 0.717) is 36.4 Å². The molecule has 32 heavy (non-hydrogen) atoms. The van der Waals surface area contributed by atoms with E-state index in [4.69, 9.17) is 14.2 Å². The Balaban J connectivity index is 1.63. The number of rotatable bonds is 8. The van der Waals surface area contributed by atoms with E-state index in [9.17, 15) is 19.2 Å². The van der Waals surface area contributed by atoms with Crippen molar-refractivity contribution in [2.75, 3.05) is 20.3 Å². The number of ether oxygens (including phenoxy) is 3. The van der Waals surface area contributed by atoms with Gasteiger partial charge in [0.25, 0.3) is 12.4 Å². The van der Waals surface area contributed by atoms with Crippen LogP contribution >= 0.6 is 0 Å². The van der Waals surface area contributed by atoms with E-state index >= 15 is 0 Å². The second-order valence-corrected chi connectivity index (χ2v) is 7.22. The van der Waals surface area contributed by atoms with Crippen LogP contribution in [0.4, 0.5) is 4.39 Å². The zero-order valence-corrected chi connectivity index (χ0v) is 17.5. The largest absolute Gasteiger partial charge is 0.429 e. The molecule has 1 fully saturated rings. The highest BCUT2D eigenvalue weighted by Crippen LogP contribution is 2.25. The molecule has 0 radical (unpaired) electrons. The lowest BCUT2D eigenvalue weighted by Gasteiger charge is -2.18. The molecule has 0 aliphatic carbocycles. The van der Waals surface area contributed by atoms with Crippen molar-refractivity contribution < 1.29 is 28.2 Å².